The molecule has 1 saturated heterocycles. The van der Waals surface area contributed by atoms with Crippen molar-refractivity contribution >= 4 is 19.9 Å². The van der Waals surface area contributed by atoms with E-state index in [1.165, 1.54) is 7.05 Å². The Kier molecular flexibility index (Phi) is 2.70. The topological polar surface area (TPSA) is 71.5 Å². The highest BCUT2D eigenvalue weighted by atomic mass is 32.2. The summed E-state index contributed by atoms with van der Waals surface area (Å²) >= 11 is 0. The normalized spacial score (nSPS) is 28.1. The van der Waals surface area contributed by atoms with E-state index in [1.807, 2.05) is 0 Å². The molecule has 0 aromatic rings. The summed E-state index contributed by atoms with van der Waals surface area (Å²) < 4.78 is 45.4. The van der Waals surface area contributed by atoms with Gasteiger partial charge in [0.1, 0.15) is 0 Å². The lowest BCUT2D eigenvalue weighted by Gasteiger charge is -2.19. The minimum Gasteiger partial charge on any atom is -0.229 e. The van der Waals surface area contributed by atoms with E-state index < -0.39 is 19.9 Å². The Morgan fingerprint density at radius 2 is 1.92 bits per heavy atom. The second-order valence-electron chi connectivity index (χ2n) is 3.34. The van der Waals surface area contributed by atoms with Crippen molar-refractivity contribution in [3.05, 3.63) is 0 Å². The van der Waals surface area contributed by atoms with Crippen LogP contribution in [-0.2, 0) is 19.9 Å². The van der Waals surface area contributed by atoms with Crippen LogP contribution in [0, 0.1) is 0 Å². The Balaban J connectivity index is 2.79. The molecule has 0 N–H and O–H groups in total. The van der Waals surface area contributed by atoms with Gasteiger partial charge >= 0.3 is 0 Å². The summed E-state index contributed by atoms with van der Waals surface area (Å²) in [4.78, 5) is 0. The van der Waals surface area contributed by atoms with Crippen molar-refractivity contribution in [2.24, 2.45) is 0 Å². The van der Waals surface area contributed by atoms with Crippen molar-refractivity contribution in [2.75, 3.05) is 24.8 Å². The van der Waals surface area contributed by atoms with Crippen LogP contribution in [0.1, 0.15) is 6.42 Å². The molecule has 1 aliphatic rings. The van der Waals surface area contributed by atoms with Crippen molar-refractivity contribution in [1.82, 2.24) is 4.31 Å². The number of sulfone groups is 1. The fourth-order valence-electron chi connectivity index (χ4n) is 1.33. The van der Waals surface area contributed by atoms with Gasteiger partial charge in [-0.2, -0.15) is 0 Å². The summed E-state index contributed by atoms with van der Waals surface area (Å²) in [6.45, 7) is 0. The third kappa shape index (κ3) is 2.65. The Labute approximate surface area is 78.7 Å². The van der Waals surface area contributed by atoms with Crippen LogP contribution in [0.5, 0.6) is 0 Å². The molecule has 1 heterocycles. The Morgan fingerprint density at radius 1 is 1.38 bits per heavy atom. The highest BCUT2D eigenvalue weighted by molar-refractivity contribution is 7.92. The van der Waals surface area contributed by atoms with E-state index in [2.05, 4.69) is 0 Å². The van der Waals surface area contributed by atoms with Crippen LogP contribution in [0.25, 0.3) is 0 Å². The van der Waals surface area contributed by atoms with Gasteiger partial charge in [0.05, 0.1) is 17.8 Å². The number of hydrogen-bond acceptors (Lipinski definition) is 4. The predicted molar refractivity (Wildman–Crippen MR) is 49.7 cm³/mol. The molecule has 0 radical (unpaired) electrons. The van der Waals surface area contributed by atoms with E-state index in [9.17, 15) is 16.8 Å². The molecule has 1 fully saturated rings. The molecule has 0 aromatic heterocycles. The smallest absolute Gasteiger partial charge is 0.211 e. The summed E-state index contributed by atoms with van der Waals surface area (Å²) in [6.07, 6.45) is 1.49. The molecule has 7 heteroatoms. The van der Waals surface area contributed by atoms with Crippen molar-refractivity contribution in [3.8, 4) is 0 Å². The number of nitrogens with zero attached hydrogens (tertiary/aromatic N) is 1. The van der Waals surface area contributed by atoms with Gasteiger partial charge in [-0.05, 0) is 6.42 Å². The zero-order chi connectivity index (χ0) is 10.3. The van der Waals surface area contributed by atoms with E-state index in [0.29, 0.717) is 6.42 Å². The molecule has 0 aliphatic carbocycles. The minimum absolute atomic E-state index is 0.0451. The largest absolute Gasteiger partial charge is 0.229 e. The van der Waals surface area contributed by atoms with Gasteiger partial charge in [-0.3, -0.25) is 0 Å². The summed E-state index contributed by atoms with van der Waals surface area (Å²) in [5.74, 6) is 0.0497. The quantitative estimate of drug-likeness (QED) is 0.610. The maximum atomic E-state index is 11.1. The molecule has 1 aliphatic heterocycles. The van der Waals surface area contributed by atoms with Crippen LogP contribution < -0.4 is 0 Å². The third-order valence-corrected chi connectivity index (χ3v) is 5.34. The third-order valence-electron chi connectivity index (χ3n) is 2.25. The van der Waals surface area contributed by atoms with Gasteiger partial charge in [0, 0.05) is 13.1 Å². The van der Waals surface area contributed by atoms with Gasteiger partial charge in [-0.25, -0.2) is 21.1 Å². The first-order chi connectivity index (χ1) is 5.72. The lowest BCUT2D eigenvalue weighted by atomic mass is 10.3. The van der Waals surface area contributed by atoms with Crippen LogP contribution in [0.2, 0.25) is 0 Å². The molecule has 78 valence electrons. The maximum Gasteiger partial charge on any atom is 0.211 e. The second-order valence-corrected chi connectivity index (χ2v) is 7.61. The molecular weight excluding hydrogens is 214 g/mol. The maximum absolute atomic E-state index is 11.1. The summed E-state index contributed by atoms with van der Waals surface area (Å²) in [5.41, 5.74) is 0. The highest BCUT2D eigenvalue weighted by Crippen LogP contribution is 2.18. The fraction of sp³-hybridized carbons (Fsp3) is 1.00. The average Bonchev–Trinajstić information content (AvgIpc) is 2.26. The van der Waals surface area contributed by atoms with Gasteiger partial charge in [-0.15, -0.1) is 0 Å². The first kappa shape index (κ1) is 10.9. The molecule has 13 heavy (non-hydrogen) atoms. The van der Waals surface area contributed by atoms with Crippen LogP contribution in [0.3, 0.4) is 0 Å². The van der Waals surface area contributed by atoms with Crippen molar-refractivity contribution in [1.29, 1.82) is 0 Å². The SMILES string of the molecule is CN([C@@H]1CCS(=O)(=O)C1)S(C)(=O)=O. The molecule has 1 rings (SSSR count). The predicted octanol–water partition coefficient (Wildman–Crippen LogP) is -0.935. The van der Waals surface area contributed by atoms with Crippen LogP contribution in [0.4, 0.5) is 0 Å². The Bertz CT molecular complexity index is 383. The minimum atomic E-state index is -3.27. The fourth-order valence-corrected chi connectivity index (χ4v) is 3.92. The number of sulfonamides is 1. The lowest BCUT2D eigenvalue weighted by molar-refractivity contribution is 0.397. The number of hydrogen-bond donors (Lipinski definition) is 0. The van der Waals surface area contributed by atoms with Crippen molar-refractivity contribution < 1.29 is 16.8 Å². The van der Waals surface area contributed by atoms with Crippen LogP contribution >= 0.6 is 0 Å². The monoisotopic (exact) mass is 227 g/mol. The second kappa shape index (κ2) is 3.21. The van der Waals surface area contributed by atoms with Gasteiger partial charge in [0.15, 0.2) is 9.84 Å². The van der Waals surface area contributed by atoms with Crippen molar-refractivity contribution in [3.63, 3.8) is 0 Å². The van der Waals surface area contributed by atoms with Crippen molar-refractivity contribution in [2.45, 2.75) is 12.5 Å². The highest BCUT2D eigenvalue weighted by Gasteiger charge is 2.33. The van der Waals surface area contributed by atoms with E-state index >= 15 is 0 Å². The molecule has 0 aromatic carbocycles. The van der Waals surface area contributed by atoms with Gasteiger partial charge in [-0.1, -0.05) is 0 Å². The first-order valence-electron chi connectivity index (χ1n) is 3.86. The lowest BCUT2D eigenvalue weighted by Crippen LogP contribution is -2.36. The molecular formula is C6H13NO4S2. The molecule has 0 spiro atoms. The zero-order valence-electron chi connectivity index (χ0n) is 7.60. The van der Waals surface area contributed by atoms with Gasteiger partial charge < -0.3 is 0 Å². The summed E-state index contributed by atoms with van der Waals surface area (Å²) in [5, 5.41) is 0. The van der Waals surface area contributed by atoms with E-state index in [0.717, 1.165) is 10.6 Å². The number of rotatable bonds is 2. The van der Waals surface area contributed by atoms with Gasteiger partial charge in [0.2, 0.25) is 10.0 Å². The van der Waals surface area contributed by atoms with Gasteiger partial charge in [0.25, 0.3) is 0 Å². The first-order valence-corrected chi connectivity index (χ1v) is 7.53. The standard InChI is InChI=1S/C6H13NO4S2/c1-7(12(2,8)9)6-3-4-13(10,11)5-6/h6H,3-5H2,1-2H3/t6-/m1/s1. The average molecular weight is 227 g/mol. The molecule has 0 bridgehead atoms. The van der Waals surface area contributed by atoms with Crippen LogP contribution in [-0.4, -0.2) is 52.0 Å². The van der Waals surface area contributed by atoms with E-state index in [4.69, 9.17) is 0 Å². The Morgan fingerprint density at radius 3 is 2.23 bits per heavy atom. The molecule has 0 unspecified atom stereocenters. The molecule has 1 atom stereocenters. The zero-order valence-corrected chi connectivity index (χ0v) is 9.23. The summed E-state index contributed by atoms with van der Waals surface area (Å²) in [6, 6.07) is -0.375. The molecule has 5 nitrogen and oxygen atoms in total. The molecule has 0 saturated carbocycles. The van der Waals surface area contributed by atoms with E-state index in [-0.39, 0.29) is 17.5 Å². The van der Waals surface area contributed by atoms with Crippen LogP contribution in [0.15, 0.2) is 0 Å². The Hall–Kier alpha value is -0.140. The molecule has 0 amide bonds. The van der Waals surface area contributed by atoms with E-state index in [1.54, 1.807) is 0 Å². The summed E-state index contributed by atoms with van der Waals surface area (Å²) in [7, 11) is -4.86.